The summed E-state index contributed by atoms with van der Waals surface area (Å²) in [6, 6.07) is 13.7. The quantitative estimate of drug-likeness (QED) is 0.391. The fourth-order valence-electron chi connectivity index (χ4n) is 2.60. The molecule has 0 bridgehead atoms. The van der Waals surface area contributed by atoms with E-state index >= 15 is 0 Å². The summed E-state index contributed by atoms with van der Waals surface area (Å²) >= 11 is 1.51. The van der Waals surface area contributed by atoms with E-state index in [-0.39, 0.29) is 5.69 Å². The number of anilines is 2. The summed E-state index contributed by atoms with van der Waals surface area (Å²) in [6.07, 6.45) is 3.37. The van der Waals surface area contributed by atoms with Crippen molar-refractivity contribution in [2.24, 2.45) is 0 Å². The number of thiazole rings is 1. The first-order valence-corrected chi connectivity index (χ1v) is 9.15. The van der Waals surface area contributed by atoms with Crippen LogP contribution in [0, 0.1) is 17.0 Å². The number of aryl methyl sites for hydroxylation is 1. The number of rotatable bonds is 5. The molecule has 9 heteroatoms. The molecule has 0 saturated carbocycles. The van der Waals surface area contributed by atoms with Gasteiger partial charge in [-0.1, -0.05) is 12.1 Å². The Hall–Kier alpha value is -3.72. The largest absolute Gasteiger partial charge is 0.324 e. The Labute approximate surface area is 164 Å². The summed E-state index contributed by atoms with van der Waals surface area (Å²) in [5.74, 6) is 0.352. The molecule has 0 fully saturated rings. The average molecular weight is 390 g/mol. The normalized spacial score (nSPS) is 10.6. The predicted molar refractivity (Wildman–Crippen MR) is 107 cm³/mol. The van der Waals surface area contributed by atoms with Crippen molar-refractivity contribution >= 4 is 28.7 Å². The van der Waals surface area contributed by atoms with Gasteiger partial charge in [0.15, 0.2) is 0 Å². The second-order valence-electron chi connectivity index (χ2n) is 5.85. The topological polar surface area (TPSA) is 107 Å². The van der Waals surface area contributed by atoms with Crippen LogP contribution in [0.3, 0.4) is 0 Å². The second kappa shape index (κ2) is 7.49. The van der Waals surface area contributed by atoms with Gasteiger partial charge in [0.2, 0.25) is 5.95 Å². The van der Waals surface area contributed by atoms with Gasteiger partial charge in [0.05, 0.1) is 26.9 Å². The number of pyridine rings is 1. The van der Waals surface area contributed by atoms with Gasteiger partial charge in [-0.15, -0.1) is 11.3 Å². The van der Waals surface area contributed by atoms with Crippen LogP contribution < -0.4 is 5.32 Å². The van der Waals surface area contributed by atoms with Crippen LogP contribution in [0.15, 0.2) is 60.9 Å². The summed E-state index contributed by atoms with van der Waals surface area (Å²) in [5.41, 5.74) is 2.93. The molecule has 138 valence electrons. The van der Waals surface area contributed by atoms with Crippen LogP contribution in [0.4, 0.5) is 17.3 Å². The van der Waals surface area contributed by atoms with Crippen LogP contribution in [0.2, 0.25) is 0 Å². The van der Waals surface area contributed by atoms with Crippen LogP contribution in [-0.2, 0) is 0 Å². The van der Waals surface area contributed by atoms with Crippen molar-refractivity contribution in [3.8, 4) is 21.3 Å². The van der Waals surface area contributed by atoms with Gasteiger partial charge in [0.1, 0.15) is 5.01 Å². The Balaban J connectivity index is 1.64. The maximum atomic E-state index is 10.9. The van der Waals surface area contributed by atoms with E-state index in [1.54, 1.807) is 30.6 Å². The number of nitro groups is 1. The van der Waals surface area contributed by atoms with Gasteiger partial charge in [-0.3, -0.25) is 15.1 Å². The minimum absolute atomic E-state index is 0.000501. The third-order valence-electron chi connectivity index (χ3n) is 3.88. The number of nitrogens with zero attached hydrogens (tertiary/aromatic N) is 5. The third kappa shape index (κ3) is 3.69. The van der Waals surface area contributed by atoms with E-state index < -0.39 is 4.92 Å². The number of hydrogen-bond acceptors (Lipinski definition) is 8. The summed E-state index contributed by atoms with van der Waals surface area (Å²) in [4.78, 5) is 29.1. The average Bonchev–Trinajstić information content (AvgIpc) is 3.11. The fraction of sp³-hybridized carbons (Fsp3) is 0.0526. The number of aromatic nitrogens is 4. The van der Waals surface area contributed by atoms with Crippen molar-refractivity contribution in [1.82, 2.24) is 19.9 Å². The first kappa shape index (κ1) is 17.7. The first-order chi connectivity index (χ1) is 13.6. The molecule has 0 aliphatic carbocycles. The molecule has 0 aliphatic heterocycles. The highest BCUT2D eigenvalue weighted by atomic mass is 32.1. The van der Waals surface area contributed by atoms with E-state index in [9.17, 15) is 10.1 Å². The van der Waals surface area contributed by atoms with Gasteiger partial charge in [-0.05, 0) is 31.2 Å². The molecule has 0 atom stereocenters. The lowest BCUT2D eigenvalue weighted by molar-refractivity contribution is -0.384. The minimum atomic E-state index is -0.442. The SMILES string of the molecule is Cc1nc(-c2ccccn2)sc1-c1ccnc(Nc2cccc([N+](=O)[O-])c2)n1. The molecule has 0 saturated heterocycles. The molecule has 0 amide bonds. The lowest BCUT2D eigenvalue weighted by Gasteiger charge is -2.06. The first-order valence-electron chi connectivity index (χ1n) is 8.34. The van der Waals surface area contributed by atoms with Crippen molar-refractivity contribution < 1.29 is 4.92 Å². The Morgan fingerprint density at radius 2 is 1.89 bits per heavy atom. The maximum absolute atomic E-state index is 10.9. The molecule has 0 unspecified atom stereocenters. The number of nitro benzene ring substituents is 1. The standard InChI is InChI=1S/C19H14N6O2S/c1-12-17(28-18(22-12)16-7-2-3-9-20-16)15-8-10-21-19(24-15)23-13-5-4-6-14(11-13)25(26)27/h2-11H,1H3,(H,21,23,24). The number of hydrogen-bond donors (Lipinski definition) is 1. The monoisotopic (exact) mass is 390 g/mol. The Kier molecular flexibility index (Phi) is 4.73. The molecule has 0 spiro atoms. The second-order valence-corrected chi connectivity index (χ2v) is 6.85. The van der Waals surface area contributed by atoms with Gasteiger partial charge < -0.3 is 5.32 Å². The summed E-state index contributed by atoms with van der Waals surface area (Å²) in [6.45, 7) is 1.92. The Bertz CT molecular complexity index is 1150. The van der Waals surface area contributed by atoms with Gasteiger partial charge >= 0.3 is 0 Å². The van der Waals surface area contributed by atoms with Gasteiger partial charge in [-0.25, -0.2) is 15.0 Å². The number of benzene rings is 1. The lowest BCUT2D eigenvalue weighted by atomic mass is 10.3. The van der Waals surface area contributed by atoms with E-state index in [1.165, 1.54) is 23.5 Å². The molecular weight excluding hydrogens is 376 g/mol. The zero-order valence-electron chi connectivity index (χ0n) is 14.7. The minimum Gasteiger partial charge on any atom is -0.324 e. The zero-order chi connectivity index (χ0) is 19.5. The Morgan fingerprint density at radius 1 is 1.00 bits per heavy atom. The van der Waals surface area contributed by atoms with Gasteiger partial charge in [0.25, 0.3) is 5.69 Å². The van der Waals surface area contributed by atoms with E-state index in [1.807, 2.05) is 25.1 Å². The Morgan fingerprint density at radius 3 is 2.68 bits per heavy atom. The van der Waals surface area contributed by atoms with Crippen LogP contribution >= 0.6 is 11.3 Å². The smallest absolute Gasteiger partial charge is 0.271 e. The van der Waals surface area contributed by atoms with Crippen molar-refractivity contribution in [2.75, 3.05) is 5.32 Å². The van der Waals surface area contributed by atoms with E-state index in [4.69, 9.17) is 0 Å². The molecule has 3 aromatic heterocycles. The van der Waals surface area contributed by atoms with Crippen molar-refractivity contribution in [3.05, 3.63) is 76.7 Å². The highest BCUT2D eigenvalue weighted by Crippen LogP contribution is 2.33. The lowest BCUT2D eigenvalue weighted by Crippen LogP contribution is -1.98. The molecule has 8 nitrogen and oxygen atoms in total. The number of non-ortho nitro benzene ring substituents is 1. The van der Waals surface area contributed by atoms with Crippen molar-refractivity contribution in [1.29, 1.82) is 0 Å². The summed E-state index contributed by atoms with van der Waals surface area (Å²) < 4.78 is 0. The molecule has 0 aliphatic rings. The molecule has 0 radical (unpaired) electrons. The number of nitrogens with one attached hydrogen (secondary N) is 1. The molecule has 4 aromatic rings. The van der Waals surface area contributed by atoms with E-state index in [0.29, 0.717) is 11.6 Å². The van der Waals surface area contributed by atoms with Crippen LogP contribution in [0.25, 0.3) is 21.3 Å². The van der Waals surface area contributed by atoms with E-state index in [0.717, 1.165) is 27.0 Å². The van der Waals surface area contributed by atoms with E-state index in [2.05, 4.69) is 25.3 Å². The molecule has 4 rings (SSSR count). The highest BCUT2D eigenvalue weighted by Gasteiger charge is 2.14. The van der Waals surface area contributed by atoms with Crippen molar-refractivity contribution in [2.45, 2.75) is 6.92 Å². The van der Waals surface area contributed by atoms with Gasteiger partial charge in [0, 0.05) is 30.2 Å². The third-order valence-corrected chi connectivity index (χ3v) is 5.08. The summed E-state index contributed by atoms with van der Waals surface area (Å²) in [5, 5.41) is 14.8. The van der Waals surface area contributed by atoms with Crippen LogP contribution in [-0.4, -0.2) is 24.9 Å². The molecular formula is C19H14N6O2S. The molecule has 1 N–H and O–H groups in total. The fourth-order valence-corrected chi connectivity index (χ4v) is 3.62. The molecule has 3 heterocycles. The summed E-state index contributed by atoms with van der Waals surface area (Å²) in [7, 11) is 0. The maximum Gasteiger partial charge on any atom is 0.271 e. The molecule has 1 aromatic carbocycles. The van der Waals surface area contributed by atoms with Crippen molar-refractivity contribution in [3.63, 3.8) is 0 Å². The van der Waals surface area contributed by atoms with Crippen LogP contribution in [0.5, 0.6) is 0 Å². The van der Waals surface area contributed by atoms with Crippen LogP contribution in [0.1, 0.15) is 5.69 Å². The zero-order valence-corrected chi connectivity index (χ0v) is 15.6. The highest BCUT2D eigenvalue weighted by molar-refractivity contribution is 7.18. The predicted octanol–water partition coefficient (Wildman–Crippen LogP) is 4.62. The molecule has 28 heavy (non-hydrogen) atoms. The van der Waals surface area contributed by atoms with Gasteiger partial charge in [-0.2, -0.15) is 0 Å².